The van der Waals surface area contributed by atoms with Gasteiger partial charge in [0.15, 0.2) is 5.78 Å². The molecule has 2 aromatic heterocycles. The van der Waals surface area contributed by atoms with Gasteiger partial charge in [-0.05, 0) is 32.6 Å². The molecule has 3 nitrogen and oxygen atoms in total. The molecule has 1 radical (unpaired) electrons. The number of hydrogen-bond donors (Lipinski definition) is 1. The van der Waals surface area contributed by atoms with Crippen molar-refractivity contribution in [3.8, 4) is 11.3 Å². The van der Waals surface area contributed by atoms with E-state index in [1.54, 1.807) is 4.40 Å². The number of rotatable bonds is 10. The van der Waals surface area contributed by atoms with Crippen LogP contribution >= 0.6 is 11.3 Å². The molecule has 0 spiro atoms. The summed E-state index contributed by atoms with van der Waals surface area (Å²) < 4.78 is 4.21. The Balaban J connectivity index is 0.000000334. The van der Waals surface area contributed by atoms with Crippen LogP contribution < -0.4 is 4.40 Å². The Morgan fingerprint density at radius 2 is 1.50 bits per heavy atom. The van der Waals surface area contributed by atoms with E-state index >= 15 is 0 Å². The predicted octanol–water partition coefficient (Wildman–Crippen LogP) is 12.2. The average Bonchev–Trinajstić information content (AvgIpc) is 3.40. The van der Waals surface area contributed by atoms with Crippen LogP contribution in [-0.4, -0.2) is 29.1 Å². The SMILES string of the molecule is CCC(CC)C(=O)/C=C(\O)C(CC)CC.Cc1cc2[c-]c(-c3nccc4c3sc3c[c]([Ge]([CH3])([CH3])[CH3])ccc34)cc(C(C)C)c2cc1C.[Ir]. The summed E-state index contributed by atoms with van der Waals surface area (Å²) >= 11 is 0.0113. The van der Waals surface area contributed by atoms with Gasteiger partial charge >= 0.3 is 192 Å². The first-order chi connectivity index (χ1) is 22.2. The van der Waals surface area contributed by atoms with Gasteiger partial charge in [-0.2, -0.15) is 0 Å². The molecule has 0 bridgehead atoms. The molecular weight excluding hydrogens is 847 g/mol. The number of pyridine rings is 1. The molecule has 0 aliphatic carbocycles. The minimum absolute atomic E-state index is 0. The second-order valence-electron chi connectivity index (χ2n) is 14.4. The zero-order valence-corrected chi connectivity index (χ0v) is 36.1. The summed E-state index contributed by atoms with van der Waals surface area (Å²) in [6.45, 7) is 17.0. The topological polar surface area (TPSA) is 50.2 Å². The molecule has 0 fully saturated rings. The fourth-order valence-electron chi connectivity index (χ4n) is 6.32. The third-order valence-corrected chi connectivity index (χ3v) is 15.2. The third-order valence-electron chi connectivity index (χ3n) is 9.73. The zero-order valence-electron chi connectivity index (χ0n) is 30.8. The summed E-state index contributed by atoms with van der Waals surface area (Å²) in [6, 6.07) is 20.0. The molecule has 0 aliphatic heterocycles. The summed E-state index contributed by atoms with van der Waals surface area (Å²) in [5.41, 5.74) is 6.19. The molecule has 259 valence electrons. The van der Waals surface area contributed by atoms with E-state index in [4.69, 9.17) is 4.98 Å². The van der Waals surface area contributed by atoms with Crippen LogP contribution in [0.2, 0.25) is 17.3 Å². The van der Waals surface area contributed by atoms with Gasteiger partial charge in [-0.25, -0.2) is 0 Å². The second-order valence-corrected chi connectivity index (χ2v) is 26.1. The normalized spacial score (nSPS) is 12.2. The van der Waals surface area contributed by atoms with Gasteiger partial charge < -0.3 is 5.11 Å². The molecule has 48 heavy (non-hydrogen) atoms. The Labute approximate surface area is 309 Å². The molecule has 5 rings (SSSR count). The van der Waals surface area contributed by atoms with Crippen molar-refractivity contribution in [1.29, 1.82) is 0 Å². The summed E-state index contributed by atoms with van der Waals surface area (Å²) in [6.07, 6.45) is 6.87. The van der Waals surface area contributed by atoms with E-state index in [0.29, 0.717) is 5.92 Å². The number of benzene rings is 3. The third kappa shape index (κ3) is 8.88. The quantitative estimate of drug-likeness (QED) is 0.0657. The standard InChI is InChI=1S/C29H30GeNS.C13H24O2.Ir/c1-17(2)25-15-21(14-20-12-18(3)19(4)13-26(20)25)28-29-24(10-11-31-28)23-9-8-22(30(5,6)7)16-27(23)32-29;1-5-10(6-2)12(14)9-13(15)11(7-3)8-4;/h8-13,15-17H,1-7H3;9-11,14H,5-8H2,1-4H3;/q-1;;/b;12-9-;. The molecule has 0 atom stereocenters. The van der Waals surface area contributed by atoms with E-state index < -0.39 is 13.3 Å². The van der Waals surface area contributed by atoms with Gasteiger partial charge in [0, 0.05) is 38.0 Å². The number of aromatic nitrogens is 1. The summed E-state index contributed by atoms with van der Waals surface area (Å²) in [4.78, 5) is 16.6. The fourth-order valence-corrected chi connectivity index (χ4v) is 10.2. The average molecular weight is 902 g/mol. The van der Waals surface area contributed by atoms with E-state index in [2.05, 4.69) is 93.5 Å². The van der Waals surface area contributed by atoms with Gasteiger partial charge in [-0.3, -0.25) is 4.79 Å². The van der Waals surface area contributed by atoms with Crippen LogP contribution in [0.1, 0.15) is 89.8 Å². The number of thiophene rings is 1. The van der Waals surface area contributed by atoms with Gasteiger partial charge in [-0.15, -0.1) is 0 Å². The Morgan fingerprint density at radius 1 is 0.875 bits per heavy atom. The summed E-state index contributed by atoms with van der Waals surface area (Å²) in [7, 11) is 0. The zero-order chi connectivity index (χ0) is 34.6. The van der Waals surface area contributed by atoms with Crippen LogP contribution in [0.25, 0.3) is 42.2 Å². The van der Waals surface area contributed by atoms with Gasteiger partial charge in [-0.1, -0.05) is 27.7 Å². The Kier molecular flexibility index (Phi) is 14.3. The van der Waals surface area contributed by atoms with Crippen molar-refractivity contribution in [2.24, 2.45) is 11.8 Å². The number of fused-ring (bicyclic) bond motifs is 4. The van der Waals surface area contributed by atoms with Crippen molar-refractivity contribution in [2.75, 3.05) is 0 Å². The fraction of sp³-hybridized carbons (Fsp3) is 0.429. The van der Waals surface area contributed by atoms with Crippen LogP contribution in [0.5, 0.6) is 0 Å². The second kappa shape index (κ2) is 17.1. The van der Waals surface area contributed by atoms with Crippen molar-refractivity contribution < 1.29 is 30.0 Å². The number of ketones is 1. The van der Waals surface area contributed by atoms with Crippen LogP contribution in [-0.2, 0) is 24.9 Å². The minimum atomic E-state index is -1.87. The Hall–Kier alpha value is -2.31. The predicted molar refractivity (Wildman–Crippen MR) is 209 cm³/mol. The molecule has 6 heteroatoms. The van der Waals surface area contributed by atoms with E-state index in [9.17, 15) is 9.90 Å². The molecule has 3 aromatic carbocycles. The number of nitrogens with zero attached hydrogens (tertiary/aromatic N) is 1. The van der Waals surface area contributed by atoms with Crippen molar-refractivity contribution in [3.63, 3.8) is 0 Å². The van der Waals surface area contributed by atoms with E-state index in [1.165, 1.54) is 53.7 Å². The number of aliphatic hydroxyl groups excluding tert-OH is 1. The van der Waals surface area contributed by atoms with E-state index in [-0.39, 0.29) is 43.5 Å². The minimum Gasteiger partial charge on any atom is -0.0408 e. The van der Waals surface area contributed by atoms with Crippen molar-refractivity contribution in [3.05, 3.63) is 83.3 Å². The molecule has 0 saturated heterocycles. The molecule has 5 aromatic rings. The van der Waals surface area contributed by atoms with E-state index in [0.717, 1.165) is 36.9 Å². The number of hydrogen-bond acceptors (Lipinski definition) is 4. The van der Waals surface area contributed by atoms with Crippen molar-refractivity contribution in [1.82, 2.24) is 4.98 Å². The summed E-state index contributed by atoms with van der Waals surface area (Å²) in [5, 5.41) is 14.9. The molecule has 2 heterocycles. The first-order valence-electron chi connectivity index (χ1n) is 17.5. The van der Waals surface area contributed by atoms with Crippen LogP contribution in [0.15, 0.2) is 60.5 Å². The van der Waals surface area contributed by atoms with Gasteiger partial charge in [0.2, 0.25) is 0 Å². The van der Waals surface area contributed by atoms with E-state index in [1.807, 2.05) is 45.2 Å². The number of allylic oxidation sites excluding steroid dienone is 2. The van der Waals surface area contributed by atoms with Gasteiger partial charge in [0.05, 0.1) is 5.76 Å². The first kappa shape index (κ1) is 40.1. The molecule has 0 amide bonds. The monoisotopic (exact) mass is 903 g/mol. The number of carbonyl (C=O) groups excluding carboxylic acids is 1. The number of aliphatic hydroxyl groups is 1. The maximum absolute atomic E-state index is 11.7. The number of aryl methyl sites for hydroxylation is 2. The molecule has 0 aliphatic rings. The molecule has 0 unspecified atom stereocenters. The molecule has 1 N–H and O–H groups in total. The molecular formula is C42H54GeIrNO2S-. The van der Waals surface area contributed by atoms with Crippen LogP contribution in [0.3, 0.4) is 0 Å². The van der Waals surface area contributed by atoms with Crippen molar-refractivity contribution >= 4 is 65.7 Å². The maximum atomic E-state index is 11.7. The molecule has 0 saturated carbocycles. The number of carbonyl (C=O) groups is 1. The smallest absolute Gasteiger partial charge is 0.0408 e. The van der Waals surface area contributed by atoms with Crippen molar-refractivity contribution in [2.45, 2.75) is 104 Å². The Morgan fingerprint density at radius 3 is 2.08 bits per heavy atom. The summed E-state index contributed by atoms with van der Waals surface area (Å²) in [5.74, 6) is 8.37. The van der Waals surface area contributed by atoms with Gasteiger partial charge in [0.1, 0.15) is 0 Å². The first-order valence-corrected chi connectivity index (χ1v) is 25.6. The van der Waals surface area contributed by atoms with Crippen LogP contribution in [0.4, 0.5) is 0 Å². The van der Waals surface area contributed by atoms with Crippen LogP contribution in [0, 0.1) is 31.7 Å². The Bertz CT molecular complexity index is 1910. The van der Waals surface area contributed by atoms with Gasteiger partial charge in [0.25, 0.3) is 0 Å².